The van der Waals surface area contributed by atoms with Gasteiger partial charge in [0.2, 0.25) is 0 Å². The maximum Gasteiger partial charge on any atom is 0.161 e. The molecule has 1 aliphatic heterocycles. The third kappa shape index (κ3) is 3.92. The molecule has 1 aliphatic rings. The van der Waals surface area contributed by atoms with Crippen molar-refractivity contribution in [1.82, 2.24) is 14.4 Å². The van der Waals surface area contributed by atoms with E-state index in [1.807, 2.05) is 13.0 Å². The maximum atomic E-state index is 5.78. The number of fused-ring (bicyclic) bond motifs is 1. The van der Waals surface area contributed by atoms with Crippen molar-refractivity contribution in [3.63, 3.8) is 0 Å². The first-order valence-electron chi connectivity index (χ1n) is 10.7. The Kier molecular flexibility index (Phi) is 6.02. The zero-order valence-corrected chi connectivity index (χ0v) is 18.8. The molecule has 0 radical (unpaired) electrons. The van der Waals surface area contributed by atoms with E-state index < -0.39 is 0 Å². The molecule has 0 amide bonds. The predicted molar refractivity (Wildman–Crippen MR) is 123 cm³/mol. The molecular formula is C25H33N3O2. The van der Waals surface area contributed by atoms with Crippen LogP contribution in [0, 0.1) is 0 Å². The van der Waals surface area contributed by atoms with E-state index >= 15 is 0 Å². The van der Waals surface area contributed by atoms with Gasteiger partial charge in [-0.15, -0.1) is 0 Å². The van der Waals surface area contributed by atoms with Gasteiger partial charge in [0.1, 0.15) is 0 Å². The summed E-state index contributed by atoms with van der Waals surface area (Å²) in [5.41, 5.74) is 4.02. The van der Waals surface area contributed by atoms with Crippen LogP contribution in [0.3, 0.4) is 0 Å². The van der Waals surface area contributed by atoms with Gasteiger partial charge in [0, 0.05) is 55.7 Å². The van der Waals surface area contributed by atoms with Gasteiger partial charge in [0.15, 0.2) is 11.5 Å². The minimum atomic E-state index is 0.482. The van der Waals surface area contributed by atoms with Crippen molar-refractivity contribution in [3.05, 3.63) is 59.8 Å². The van der Waals surface area contributed by atoms with Gasteiger partial charge in [-0.2, -0.15) is 0 Å². The van der Waals surface area contributed by atoms with E-state index in [-0.39, 0.29) is 0 Å². The highest BCUT2D eigenvalue weighted by molar-refractivity contribution is 5.84. The Balaban J connectivity index is 1.59. The highest BCUT2D eigenvalue weighted by atomic mass is 16.5. The minimum absolute atomic E-state index is 0.482. The number of benzene rings is 2. The molecular weight excluding hydrogens is 374 g/mol. The third-order valence-corrected chi connectivity index (χ3v) is 6.29. The summed E-state index contributed by atoms with van der Waals surface area (Å²) in [7, 11) is 8.24. The monoisotopic (exact) mass is 407 g/mol. The summed E-state index contributed by atoms with van der Waals surface area (Å²) in [5, 5.41) is 1.38. The number of methoxy groups -OCH3 is 1. The first-order valence-corrected chi connectivity index (χ1v) is 10.7. The zero-order valence-electron chi connectivity index (χ0n) is 18.8. The molecule has 5 nitrogen and oxygen atoms in total. The standard InChI is InChI=1S/C25H33N3O2/c1-6-30-25-13-18(11-12-24(25)29-5)14-28-16-21(23(17-28)26(2)3)20-15-27(4)22-10-8-7-9-19(20)22/h7-13,15,21,23H,6,14,16-17H2,1-5H3. The second kappa shape index (κ2) is 8.70. The fourth-order valence-corrected chi connectivity index (χ4v) is 4.84. The molecule has 0 bridgehead atoms. The Labute approximate surface area is 179 Å². The molecule has 0 aliphatic carbocycles. The summed E-state index contributed by atoms with van der Waals surface area (Å²) in [4.78, 5) is 4.95. The first-order chi connectivity index (χ1) is 14.5. The highest BCUT2D eigenvalue weighted by Gasteiger charge is 2.36. The summed E-state index contributed by atoms with van der Waals surface area (Å²) in [6.07, 6.45) is 2.33. The van der Waals surface area contributed by atoms with E-state index in [0.717, 1.165) is 31.1 Å². The number of likely N-dealkylation sites (N-methyl/N-ethyl adjacent to an activating group) is 1. The van der Waals surface area contributed by atoms with Crippen LogP contribution in [0.1, 0.15) is 24.0 Å². The number of aryl methyl sites for hydroxylation is 1. The lowest BCUT2D eigenvalue weighted by Gasteiger charge is -2.25. The van der Waals surface area contributed by atoms with Crippen molar-refractivity contribution >= 4 is 10.9 Å². The fraction of sp³-hybridized carbons (Fsp3) is 0.440. The molecule has 2 unspecified atom stereocenters. The van der Waals surface area contributed by atoms with Crippen LogP contribution in [0.25, 0.3) is 10.9 Å². The average molecular weight is 408 g/mol. The molecule has 1 aromatic heterocycles. The van der Waals surface area contributed by atoms with E-state index in [4.69, 9.17) is 9.47 Å². The second-order valence-electron chi connectivity index (χ2n) is 8.46. The topological polar surface area (TPSA) is 29.9 Å². The van der Waals surface area contributed by atoms with E-state index in [1.165, 1.54) is 22.0 Å². The van der Waals surface area contributed by atoms with Gasteiger partial charge >= 0.3 is 0 Å². The summed E-state index contributed by atoms with van der Waals surface area (Å²) in [5.74, 6) is 2.10. The molecule has 0 saturated carbocycles. The lowest BCUT2D eigenvalue weighted by Crippen LogP contribution is -2.34. The molecule has 30 heavy (non-hydrogen) atoms. The zero-order chi connectivity index (χ0) is 21.3. The number of para-hydroxylation sites is 1. The van der Waals surface area contributed by atoms with Crippen molar-refractivity contribution in [3.8, 4) is 11.5 Å². The Morgan fingerprint density at radius 1 is 1.07 bits per heavy atom. The van der Waals surface area contributed by atoms with Crippen LogP contribution < -0.4 is 9.47 Å². The first kappa shape index (κ1) is 20.8. The van der Waals surface area contributed by atoms with Crippen LogP contribution >= 0.6 is 0 Å². The molecule has 1 fully saturated rings. The van der Waals surface area contributed by atoms with Gasteiger partial charge in [-0.25, -0.2) is 0 Å². The molecule has 0 spiro atoms. The summed E-state index contributed by atoms with van der Waals surface area (Å²) in [6.45, 7) is 5.65. The lowest BCUT2D eigenvalue weighted by molar-refractivity contribution is 0.259. The molecule has 3 aromatic rings. The Morgan fingerprint density at radius 2 is 1.87 bits per heavy atom. The average Bonchev–Trinajstić information content (AvgIpc) is 3.30. The molecule has 1 saturated heterocycles. The van der Waals surface area contributed by atoms with Crippen LogP contribution in [0.2, 0.25) is 0 Å². The van der Waals surface area contributed by atoms with Gasteiger partial charge in [-0.1, -0.05) is 24.3 Å². The number of nitrogens with zero attached hydrogens (tertiary/aromatic N) is 3. The highest BCUT2D eigenvalue weighted by Crippen LogP contribution is 2.36. The van der Waals surface area contributed by atoms with Crippen LogP contribution in [0.15, 0.2) is 48.7 Å². The van der Waals surface area contributed by atoms with Gasteiger partial charge in [0.05, 0.1) is 13.7 Å². The molecule has 160 valence electrons. The van der Waals surface area contributed by atoms with Gasteiger partial charge in [-0.3, -0.25) is 4.90 Å². The van der Waals surface area contributed by atoms with Gasteiger partial charge in [0.25, 0.3) is 0 Å². The van der Waals surface area contributed by atoms with Gasteiger partial charge in [-0.05, 0) is 50.3 Å². The van der Waals surface area contributed by atoms with E-state index in [9.17, 15) is 0 Å². The largest absolute Gasteiger partial charge is 0.493 e. The molecule has 0 N–H and O–H groups in total. The Morgan fingerprint density at radius 3 is 2.60 bits per heavy atom. The van der Waals surface area contributed by atoms with Crippen LogP contribution in [-0.2, 0) is 13.6 Å². The molecule has 2 heterocycles. The van der Waals surface area contributed by atoms with E-state index in [0.29, 0.717) is 18.6 Å². The SMILES string of the molecule is CCOc1cc(CN2CC(c3cn(C)c4ccccc34)C(N(C)C)C2)ccc1OC. The number of likely N-dealkylation sites (tertiary alicyclic amines) is 1. The molecule has 2 atom stereocenters. The molecule has 5 heteroatoms. The molecule has 2 aromatic carbocycles. The van der Waals surface area contributed by atoms with Crippen molar-refractivity contribution in [2.75, 3.05) is 40.9 Å². The van der Waals surface area contributed by atoms with Gasteiger partial charge < -0.3 is 18.9 Å². The number of ether oxygens (including phenoxy) is 2. The number of hydrogen-bond acceptors (Lipinski definition) is 4. The quantitative estimate of drug-likeness (QED) is 0.589. The van der Waals surface area contributed by atoms with E-state index in [1.54, 1.807) is 7.11 Å². The Hall–Kier alpha value is -2.50. The van der Waals surface area contributed by atoms with Crippen LogP contribution in [-0.4, -0.2) is 61.3 Å². The normalized spacial score (nSPS) is 19.7. The summed E-state index contributed by atoms with van der Waals surface area (Å²) < 4.78 is 13.5. The van der Waals surface area contributed by atoms with E-state index in [2.05, 4.69) is 78.1 Å². The maximum absolute atomic E-state index is 5.78. The number of aromatic nitrogens is 1. The second-order valence-corrected chi connectivity index (χ2v) is 8.46. The van der Waals surface area contributed by atoms with Crippen molar-refractivity contribution < 1.29 is 9.47 Å². The third-order valence-electron chi connectivity index (χ3n) is 6.29. The van der Waals surface area contributed by atoms with Crippen molar-refractivity contribution in [2.24, 2.45) is 7.05 Å². The summed E-state index contributed by atoms with van der Waals surface area (Å²) >= 11 is 0. The number of hydrogen-bond donors (Lipinski definition) is 0. The van der Waals surface area contributed by atoms with Crippen LogP contribution in [0.5, 0.6) is 11.5 Å². The minimum Gasteiger partial charge on any atom is -0.493 e. The smallest absolute Gasteiger partial charge is 0.161 e. The number of rotatable bonds is 7. The van der Waals surface area contributed by atoms with Crippen molar-refractivity contribution in [1.29, 1.82) is 0 Å². The predicted octanol–water partition coefficient (Wildman–Crippen LogP) is 4.12. The Bertz CT molecular complexity index is 1010. The summed E-state index contributed by atoms with van der Waals surface area (Å²) in [6, 6.07) is 15.5. The fourth-order valence-electron chi connectivity index (χ4n) is 4.84. The molecule has 4 rings (SSSR count). The van der Waals surface area contributed by atoms with Crippen LogP contribution in [0.4, 0.5) is 0 Å². The van der Waals surface area contributed by atoms with Crippen molar-refractivity contribution in [2.45, 2.75) is 25.4 Å². The lowest BCUT2D eigenvalue weighted by atomic mass is 9.93.